The number of carbonyl (C=O) groups is 1. The van der Waals surface area contributed by atoms with Crippen molar-refractivity contribution in [3.05, 3.63) is 75.9 Å². The molecule has 0 spiro atoms. The summed E-state index contributed by atoms with van der Waals surface area (Å²) in [4.78, 5) is 16.9. The van der Waals surface area contributed by atoms with Crippen molar-refractivity contribution in [3.63, 3.8) is 0 Å². The number of rotatable bonds is 6. The van der Waals surface area contributed by atoms with Crippen LogP contribution in [0.3, 0.4) is 0 Å². The zero-order chi connectivity index (χ0) is 20.1. The molecule has 0 radical (unpaired) electrons. The lowest BCUT2D eigenvalue weighted by atomic mass is 10.1. The van der Waals surface area contributed by atoms with Crippen molar-refractivity contribution >= 4 is 33.3 Å². The van der Waals surface area contributed by atoms with Gasteiger partial charge in [-0.1, -0.05) is 22.0 Å². The Kier molecular flexibility index (Phi) is 6.28. The molecule has 3 rings (SSSR count). The zero-order valence-electron chi connectivity index (χ0n) is 15.5. The highest BCUT2D eigenvalue weighted by molar-refractivity contribution is 9.10. The van der Waals surface area contributed by atoms with Crippen LogP contribution >= 0.6 is 15.9 Å². The minimum absolute atomic E-state index is 0.164. The van der Waals surface area contributed by atoms with Crippen LogP contribution in [0, 0.1) is 6.92 Å². The van der Waals surface area contributed by atoms with Crippen LogP contribution in [-0.2, 0) is 11.3 Å². The zero-order valence-corrected chi connectivity index (χ0v) is 17.1. The number of amides is 1. The van der Waals surface area contributed by atoms with Gasteiger partial charge in [0.2, 0.25) is 0 Å². The first-order valence-electron chi connectivity index (χ1n) is 8.56. The second-order valence-electron chi connectivity index (χ2n) is 6.16. The highest BCUT2D eigenvalue weighted by Crippen LogP contribution is 2.26. The van der Waals surface area contributed by atoms with Crippen molar-refractivity contribution in [2.75, 3.05) is 18.2 Å². The predicted octanol–water partition coefficient (Wildman–Crippen LogP) is 4.93. The molecule has 0 unspecified atom stereocenters. The molecule has 1 amide bonds. The van der Waals surface area contributed by atoms with E-state index >= 15 is 0 Å². The van der Waals surface area contributed by atoms with Crippen LogP contribution in [0.15, 0.2) is 59.1 Å². The Morgan fingerprint density at radius 2 is 1.89 bits per heavy atom. The summed E-state index contributed by atoms with van der Waals surface area (Å²) in [6.45, 7) is 2.21. The van der Waals surface area contributed by atoms with Crippen molar-refractivity contribution in [3.8, 4) is 11.5 Å². The van der Waals surface area contributed by atoms with Crippen molar-refractivity contribution in [1.82, 2.24) is 4.98 Å². The second-order valence-corrected chi connectivity index (χ2v) is 7.07. The number of nitrogens with two attached hydrogens (primary N) is 1. The first-order chi connectivity index (χ1) is 13.5. The molecular weight excluding hydrogens is 422 g/mol. The molecule has 0 saturated heterocycles. The van der Waals surface area contributed by atoms with Gasteiger partial charge in [0.25, 0.3) is 5.91 Å². The molecular formula is C21H20BrN3O3. The number of hydrogen-bond acceptors (Lipinski definition) is 5. The quantitative estimate of drug-likeness (QED) is 0.566. The average molecular weight is 442 g/mol. The van der Waals surface area contributed by atoms with E-state index in [2.05, 4.69) is 26.2 Å². The number of anilines is 2. The van der Waals surface area contributed by atoms with Gasteiger partial charge in [-0.3, -0.25) is 4.79 Å². The maximum absolute atomic E-state index is 12.7. The summed E-state index contributed by atoms with van der Waals surface area (Å²) in [5, 5.41) is 2.84. The Morgan fingerprint density at radius 3 is 2.61 bits per heavy atom. The molecule has 1 aromatic heterocycles. The standard InChI is InChI=1S/C21H20BrN3O3/c1-13-10-18(20(23)25-19(13)12-27-2)21(26)24-15-4-3-5-17(11-15)28-16-8-6-14(22)7-9-16/h3-11H,12H2,1-2H3,(H2,23,25)(H,24,26). The van der Waals surface area contributed by atoms with Crippen molar-refractivity contribution < 1.29 is 14.3 Å². The van der Waals surface area contributed by atoms with Crippen molar-refractivity contribution in [1.29, 1.82) is 0 Å². The Hall–Kier alpha value is -2.90. The normalized spacial score (nSPS) is 10.5. The number of nitrogens with zero attached hydrogens (tertiary/aromatic N) is 1. The molecule has 0 saturated carbocycles. The fourth-order valence-corrected chi connectivity index (χ4v) is 2.87. The van der Waals surface area contributed by atoms with Crippen LogP contribution in [0.5, 0.6) is 11.5 Å². The van der Waals surface area contributed by atoms with Crippen molar-refractivity contribution in [2.24, 2.45) is 0 Å². The number of ether oxygens (including phenoxy) is 2. The minimum Gasteiger partial charge on any atom is -0.457 e. The van der Waals surface area contributed by atoms with Gasteiger partial charge in [0.15, 0.2) is 0 Å². The maximum atomic E-state index is 12.7. The van der Waals surface area contributed by atoms with Crippen LogP contribution in [0.1, 0.15) is 21.6 Å². The number of pyridine rings is 1. The molecule has 3 N–H and O–H groups in total. The van der Waals surface area contributed by atoms with E-state index in [1.165, 1.54) is 0 Å². The third-order valence-corrected chi connectivity index (χ3v) is 4.54. The monoisotopic (exact) mass is 441 g/mol. The van der Waals surface area contributed by atoms with Crippen LogP contribution < -0.4 is 15.8 Å². The molecule has 2 aromatic carbocycles. The number of benzene rings is 2. The molecule has 6 nitrogen and oxygen atoms in total. The van der Waals surface area contributed by atoms with Crippen molar-refractivity contribution in [2.45, 2.75) is 13.5 Å². The lowest BCUT2D eigenvalue weighted by Gasteiger charge is -2.12. The third-order valence-electron chi connectivity index (χ3n) is 4.01. The fraction of sp³-hybridized carbons (Fsp3) is 0.143. The molecule has 0 aliphatic carbocycles. The van der Waals surface area contributed by atoms with Crippen LogP contribution in [0.25, 0.3) is 0 Å². The summed E-state index contributed by atoms with van der Waals surface area (Å²) in [6.07, 6.45) is 0. The second kappa shape index (κ2) is 8.86. The fourth-order valence-electron chi connectivity index (χ4n) is 2.61. The molecule has 0 aliphatic heterocycles. The minimum atomic E-state index is -0.335. The first kappa shape index (κ1) is 19.9. The molecule has 28 heavy (non-hydrogen) atoms. The van der Waals surface area contributed by atoms with Gasteiger partial charge >= 0.3 is 0 Å². The number of nitrogens with one attached hydrogen (secondary N) is 1. The average Bonchev–Trinajstić information content (AvgIpc) is 2.67. The van der Waals surface area contributed by atoms with E-state index in [4.69, 9.17) is 15.2 Å². The van der Waals surface area contributed by atoms with Gasteiger partial charge in [0.1, 0.15) is 17.3 Å². The molecule has 144 valence electrons. The van der Waals surface area contributed by atoms with Gasteiger partial charge in [-0.05, 0) is 55.0 Å². The number of aryl methyl sites for hydroxylation is 1. The van der Waals surface area contributed by atoms with Gasteiger partial charge < -0.3 is 20.5 Å². The maximum Gasteiger partial charge on any atom is 0.259 e. The van der Waals surface area contributed by atoms with Crippen LogP contribution in [0.4, 0.5) is 11.5 Å². The summed E-state index contributed by atoms with van der Waals surface area (Å²) >= 11 is 3.39. The summed E-state index contributed by atoms with van der Waals surface area (Å²) in [7, 11) is 1.58. The molecule has 0 atom stereocenters. The molecule has 0 aliphatic rings. The van der Waals surface area contributed by atoms with Gasteiger partial charge in [0, 0.05) is 23.3 Å². The van der Waals surface area contributed by atoms with Gasteiger partial charge in [0.05, 0.1) is 17.9 Å². The van der Waals surface area contributed by atoms with E-state index in [1.807, 2.05) is 37.3 Å². The van der Waals surface area contributed by atoms with Gasteiger partial charge in [-0.25, -0.2) is 4.98 Å². The lowest BCUT2D eigenvalue weighted by molar-refractivity contribution is 0.102. The smallest absolute Gasteiger partial charge is 0.259 e. The largest absolute Gasteiger partial charge is 0.457 e. The summed E-state index contributed by atoms with van der Waals surface area (Å²) < 4.78 is 11.9. The van der Waals surface area contributed by atoms with Crippen LogP contribution in [-0.4, -0.2) is 18.0 Å². The Bertz CT molecular complexity index is 991. The highest BCUT2D eigenvalue weighted by atomic mass is 79.9. The van der Waals surface area contributed by atoms with E-state index in [0.717, 1.165) is 10.0 Å². The molecule has 7 heteroatoms. The molecule has 0 bridgehead atoms. The van der Waals surface area contributed by atoms with E-state index in [1.54, 1.807) is 31.4 Å². The topological polar surface area (TPSA) is 86.5 Å². The van der Waals surface area contributed by atoms with E-state index < -0.39 is 0 Å². The van der Waals surface area contributed by atoms with E-state index in [-0.39, 0.29) is 11.7 Å². The number of hydrogen-bond donors (Lipinski definition) is 2. The molecule has 1 heterocycles. The number of nitrogen functional groups attached to an aromatic ring is 1. The van der Waals surface area contributed by atoms with Crippen LogP contribution in [0.2, 0.25) is 0 Å². The highest BCUT2D eigenvalue weighted by Gasteiger charge is 2.14. The number of halogens is 1. The first-order valence-corrected chi connectivity index (χ1v) is 9.35. The predicted molar refractivity (Wildman–Crippen MR) is 113 cm³/mol. The third kappa shape index (κ3) is 4.88. The van der Waals surface area contributed by atoms with Gasteiger partial charge in [-0.2, -0.15) is 0 Å². The number of aromatic nitrogens is 1. The number of carbonyl (C=O) groups excluding carboxylic acids is 1. The Balaban J connectivity index is 1.75. The SMILES string of the molecule is COCc1nc(N)c(C(=O)Nc2cccc(Oc3ccc(Br)cc3)c2)cc1C. The Morgan fingerprint density at radius 1 is 1.14 bits per heavy atom. The number of methoxy groups -OCH3 is 1. The van der Waals surface area contributed by atoms with Gasteiger partial charge in [-0.15, -0.1) is 0 Å². The lowest BCUT2D eigenvalue weighted by Crippen LogP contribution is -2.16. The summed E-state index contributed by atoms with van der Waals surface area (Å²) in [5.74, 6) is 1.14. The summed E-state index contributed by atoms with van der Waals surface area (Å²) in [5.41, 5.74) is 8.43. The molecule has 0 fully saturated rings. The van der Waals surface area contributed by atoms with E-state index in [9.17, 15) is 4.79 Å². The molecule has 3 aromatic rings. The Labute approximate surface area is 171 Å². The summed E-state index contributed by atoms with van der Waals surface area (Å²) in [6, 6.07) is 16.4. The van der Waals surface area contributed by atoms with E-state index in [0.29, 0.717) is 35.1 Å².